The zero-order chi connectivity index (χ0) is 20.8. The number of pyridine rings is 1. The molecule has 7 heteroatoms. The molecule has 2 unspecified atom stereocenters. The molecule has 0 saturated carbocycles. The van der Waals surface area contributed by atoms with Gasteiger partial charge >= 0.3 is 0 Å². The number of amides is 2. The predicted octanol–water partition coefficient (Wildman–Crippen LogP) is 3.16. The predicted molar refractivity (Wildman–Crippen MR) is 113 cm³/mol. The number of hydrogen-bond donors (Lipinski definition) is 2. The smallest absolute Gasteiger partial charge is 0.251 e. The molecular formula is C23H24N4O3. The Hall–Kier alpha value is -3.35. The fraction of sp³-hybridized carbons (Fsp3) is 0.348. The number of carbonyl (C=O) groups is 2. The topological polar surface area (TPSA) is 101 Å². The first-order chi connectivity index (χ1) is 14.5. The zero-order valence-electron chi connectivity index (χ0n) is 16.8. The third-order valence-corrected chi connectivity index (χ3v) is 6.48. The van der Waals surface area contributed by atoms with Gasteiger partial charge in [0, 0.05) is 40.8 Å². The highest BCUT2D eigenvalue weighted by Gasteiger charge is 2.41. The molecule has 3 aromatic rings. The molecule has 2 fully saturated rings. The van der Waals surface area contributed by atoms with Crippen LogP contribution in [0.3, 0.4) is 0 Å². The van der Waals surface area contributed by atoms with Crippen molar-refractivity contribution < 1.29 is 14.0 Å². The second kappa shape index (κ2) is 7.16. The van der Waals surface area contributed by atoms with Crippen LogP contribution >= 0.6 is 0 Å². The summed E-state index contributed by atoms with van der Waals surface area (Å²) in [5.41, 5.74) is 8.03. The van der Waals surface area contributed by atoms with E-state index in [1.807, 2.05) is 31.2 Å². The van der Waals surface area contributed by atoms with E-state index in [1.165, 1.54) is 0 Å². The van der Waals surface area contributed by atoms with E-state index in [9.17, 15) is 9.59 Å². The number of primary amides is 1. The Kier molecular flexibility index (Phi) is 4.46. The van der Waals surface area contributed by atoms with Crippen LogP contribution in [0.1, 0.15) is 52.0 Å². The van der Waals surface area contributed by atoms with Gasteiger partial charge in [0.25, 0.3) is 5.91 Å². The normalized spacial score (nSPS) is 23.0. The summed E-state index contributed by atoms with van der Waals surface area (Å²) < 4.78 is 5.54. The van der Waals surface area contributed by atoms with Gasteiger partial charge in [0.1, 0.15) is 11.4 Å². The van der Waals surface area contributed by atoms with E-state index >= 15 is 0 Å². The number of piperidine rings is 1. The van der Waals surface area contributed by atoms with Gasteiger partial charge in [-0.05, 0) is 56.9 Å². The lowest BCUT2D eigenvalue weighted by Crippen LogP contribution is -2.50. The molecule has 1 aromatic carbocycles. The maximum absolute atomic E-state index is 13.0. The van der Waals surface area contributed by atoms with Gasteiger partial charge in [-0.15, -0.1) is 0 Å². The van der Waals surface area contributed by atoms with Crippen LogP contribution in [-0.2, 0) is 0 Å². The van der Waals surface area contributed by atoms with Crippen LogP contribution in [0.5, 0.6) is 0 Å². The number of hydrogen-bond acceptors (Lipinski definition) is 5. The summed E-state index contributed by atoms with van der Waals surface area (Å²) in [5.74, 6) is 0.352. The van der Waals surface area contributed by atoms with Crippen molar-refractivity contribution in [3.63, 3.8) is 0 Å². The number of nitrogens with zero attached hydrogens (tertiary/aromatic N) is 2. The van der Waals surface area contributed by atoms with Crippen LogP contribution in [0.25, 0.3) is 11.0 Å². The average Bonchev–Trinajstić information content (AvgIpc) is 3.31. The summed E-state index contributed by atoms with van der Waals surface area (Å²) >= 11 is 0. The molecule has 154 valence electrons. The minimum atomic E-state index is -0.471. The minimum Gasteiger partial charge on any atom is -0.464 e. The number of aromatic nitrogens is 1. The van der Waals surface area contributed by atoms with E-state index in [4.69, 9.17) is 10.2 Å². The third-order valence-electron chi connectivity index (χ3n) is 6.48. The van der Waals surface area contributed by atoms with E-state index in [0.717, 1.165) is 48.0 Å². The molecule has 2 aliphatic rings. The van der Waals surface area contributed by atoms with E-state index < -0.39 is 5.91 Å². The number of nitrogens with two attached hydrogens (primary N) is 1. The number of nitrogens with one attached hydrogen (secondary N) is 1. The maximum Gasteiger partial charge on any atom is 0.251 e. The second-order valence-electron chi connectivity index (χ2n) is 8.28. The molecule has 2 aliphatic heterocycles. The molecule has 7 nitrogen and oxygen atoms in total. The van der Waals surface area contributed by atoms with Crippen molar-refractivity contribution in [1.29, 1.82) is 0 Å². The van der Waals surface area contributed by atoms with Crippen LogP contribution in [0.4, 0.5) is 5.82 Å². The van der Waals surface area contributed by atoms with Gasteiger partial charge in [0.2, 0.25) is 5.91 Å². The van der Waals surface area contributed by atoms with E-state index in [-0.39, 0.29) is 11.9 Å². The fourth-order valence-corrected chi connectivity index (χ4v) is 5.04. The summed E-state index contributed by atoms with van der Waals surface area (Å²) in [7, 11) is 0. The Morgan fingerprint density at radius 2 is 1.90 bits per heavy atom. The maximum atomic E-state index is 13.0. The SMILES string of the molecule is Cc1c(C(=O)NC2CC3CCC(C2)N3c2ccc(C(N)=O)cn2)ccc2ccoc12. The van der Waals surface area contributed by atoms with Gasteiger partial charge < -0.3 is 20.4 Å². The van der Waals surface area contributed by atoms with Crippen LogP contribution in [-0.4, -0.2) is 34.9 Å². The Labute approximate surface area is 174 Å². The molecular weight excluding hydrogens is 380 g/mol. The van der Waals surface area contributed by atoms with E-state index in [0.29, 0.717) is 23.2 Å². The van der Waals surface area contributed by atoms with Gasteiger partial charge in [0.05, 0.1) is 11.8 Å². The zero-order valence-corrected chi connectivity index (χ0v) is 16.8. The molecule has 2 bridgehead atoms. The standard InChI is InChI=1S/C23H24N4O3/c1-13-19(6-2-14-8-9-30-21(13)14)23(29)26-16-10-17-4-5-18(11-16)27(17)20-7-3-15(12-25-20)22(24)28/h2-3,6-9,12,16-18H,4-5,10-11H2,1H3,(H2,24,28)(H,26,29). The molecule has 0 spiro atoms. The molecule has 3 N–H and O–H groups in total. The highest BCUT2D eigenvalue weighted by molar-refractivity contribution is 6.00. The van der Waals surface area contributed by atoms with Crippen LogP contribution in [0.2, 0.25) is 0 Å². The molecule has 2 saturated heterocycles. The summed E-state index contributed by atoms with van der Waals surface area (Å²) in [6.45, 7) is 1.93. The molecule has 0 aliphatic carbocycles. The largest absolute Gasteiger partial charge is 0.464 e. The van der Waals surface area contributed by atoms with Gasteiger partial charge in [-0.2, -0.15) is 0 Å². The first-order valence-corrected chi connectivity index (χ1v) is 10.3. The fourth-order valence-electron chi connectivity index (χ4n) is 5.04. The van der Waals surface area contributed by atoms with Gasteiger partial charge in [-0.25, -0.2) is 4.98 Å². The Balaban J connectivity index is 1.30. The van der Waals surface area contributed by atoms with Crippen LogP contribution < -0.4 is 16.0 Å². The number of benzene rings is 1. The lowest BCUT2D eigenvalue weighted by Gasteiger charge is -2.40. The molecule has 30 heavy (non-hydrogen) atoms. The van der Waals surface area contributed by atoms with Gasteiger partial charge in [-0.3, -0.25) is 9.59 Å². The number of carbonyl (C=O) groups excluding carboxylic acids is 2. The van der Waals surface area contributed by atoms with Crippen molar-refractivity contribution >= 4 is 28.6 Å². The van der Waals surface area contributed by atoms with Crippen molar-refractivity contribution in [3.8, 4) is 0 Å². The van der Waals surface area contributed by atoms with Crippen LogP contribution in [0, 0.1) is 6.92 Å². The molecule has 2 atom stereocenters. The number of fused-ring (bicyclic) bond motifs is 3. The lowest BCUT2D eigenvalue weighted by atomic mass is 9.96. The first-order valence-electron chi connectivity index (χ1n) is 10.3. The van der Waals surface area contributed by atoms with Crippen molar-refractivity contribution in [3.05, 3.63) is 59.5 Å². The molecule has 4 heterocycles. The third kappa shape index (κ3) is 3.10. The van der Waals surface area contributed by atoms with E-state index in [2.05, 4.69) is 15.2 Å². The van der Waals surface area contributed by atoms with Crippen molar-refractivity contribution in [1.82, 2.24) is 10.3 Å². The molecule has 2 amide bonds. The number of aryl methyl sites for hydroxylation is 1. The summed E-state index contributed by atoms with van der Waals surface area (Å²) in [4.78, 5) is 31.1. The van der Waals surface area contributed by atoms with Crippen molar-refractivity contribution in [2.24, 2.45) is 5.73 Å². The van der Waals surface area contributed by atoms with Gasteiger partial charge in [-0.1, -0.05) is 6.07 Å². The molecule has 2 aromatic heterocycles. The first kappa shape index (κ1) is 18.7. The Morgan fingerprint density at radius 1 is 1.13 bits per heavy atom. The summed E-state index contributed by atoms with van der Waals surface area (Å²) in [5, 5.41) is 4.25. The van der Waals surface area contributed by atoms with Crippen molar-refractivity contribution in [2.45, 2.75) is 50.7 Å². The number of furan rings is 1. The minimum absolute atomic E-state index is 0.0485. The van der Waals surface area contributed by atoms with Crippen molar-refractivity contribution in [2.75, 3.05) is 4.90 Å². The van der Waals surface area contributed by atoms with Crippen LogP contribution in [0.15, 0.2) is 47.2 Å². The second-order valence-corrected chi connectivity index (χ2v) is 8.28. The quantitative estimate of drug-likeness (QED) is 0.695. The monoisotopic (exact) mass is 404 g/mol. The number of anilines is 1. The summed E-state index contributed by atoms with van der Waals surface area (Å²) in [6.07, 6.45) is 7.10. The highest BCUT2D eigenvalue weighted by Crippen LogP contribution is 2.38. The average molecular weight is 404 g/mol. The molecule has 5 rings (SSSR count). The highest BCUT2D eigenvalue weighted by atomic mass is 16.3. The summed E-state index contributed by atoms with van der Waals surface area (Å²) in [6, 6.07) is 10.1. The Bertz CT molecular complexity index is 1110. The molecule has 0 radical (unpaired) electrons. The lowest BCUT2D eigenvalue weighted by molar-refractivity contribution is 0.0925. The Morgan fingerprint density at radius 3 is 2.57 bits per heavy atom. The van der Waals surface area contributed by atoms with Gasteiger partial charge in [0.15, 0.2) is 0 Å². The number of rotatable bonds is 4. The van der Waals surface area contributed by atoms with E-state index in [1.54, 1.807) is 18.5 Å².